The van der Waals surface area contributed by atoms with Crippen molar-refractivity contribution < 1.29 is 13.2 Å². The van der Waals surface area contributed by atoms with E-state index in [1.807, 2.05) is 77.5 Å². The molecule has 2 aromatic heterocycles. The summed E-state index contributed by atoms with van der Waals surface area (Å²) in [5, 5.41) is 0. The van der Waals surface area contributed by atoms with Crippen LogP contribution in [0.3, 0.4) is 0 Å². The van der Waals surface area contributed by atoms with Gasteiger partial charge in [-0.15, -0.1) is 0 Å². The summed E-state index contributed by atoms with van der Waals surface area (Å²) < 4.78 is 30.0. The van der Waals surface area contributed by atoms with Gasteiger partial charge in [0, 0.05) is 68.1 Å². The zero-order valence-electron chi connectivity index (χ0n) is 22.4. The zero-order valence-corrected chi connectivity index (χ0v) is 23.2. The highest BCUT2D eigenvalue weighted by atomic mass is 32.2. The quantitative estimate of drug-likeness (QED) is 0.255. The summed E-state index contributed by atoms with van der Waals surface area (Å²) in [5.41, 5.74) is 4.90. The zero-order chi connectivity index (χ0) is 28.2. The molecule has 1 aliphatic rings. The van der Waals surface area contributed by atoms with Crippen LogP contribution in [0.15, 0.2) is 121 Å². The first-order valence-corrected chi connectivity index (χ1v) is 14.9. The third kappa shape index (κ3) is 5.88. The second kappa shape index (κ2) is 11.6. The molecule has 0 aliphatic carbocycles. The molecule has 206 valence electrons. The number of rotatable bonds is 8. The van der Waals surface area contributed by atoms with E-state index in [2.05, 4.69) is 14.9 Å². The van der Waals surface area contributed by atoms with E-state index in [-0.39, 0.29) is 10.7 Å². The van der Waals surface area contributed by atoms with Gasteiger partial charge in [-0.25, -0.2) is 13.4 Å². The van der Waals surface area contributed by atoms with Crippen LogP contribution in [0, 0.1) is 0 Å². The van der Waals surface area contributed by atoms with Crippen molar-refractivity contribution in [3.63, 3.8) is 0 Å². The highest BCUT2D eigenvalue weighted by Gasteiger charge is 2.28. The number of carbonyl (C=O) groups is 1. The van der Waals surface area contributed by atoms with Gasteiger partial charge in [-0.1, -0.05) is 42.5 Å². The predicted molar refractivity (Wildman–Crippen MR) is 157 cm³/mol. The number of imidazole rings is 1. The van der Waals surface area contributed by atoms with Crippen molar-refractivity contribution in [2.45, 2.75) is 11.4 Å². The van der Waals surface area contributed by atoms with Crippen molar-refractivity contribution in [3.05, 3.63) is 133 Å². The molecule has 0 atom stereocenters. The van der Waals surface area contributed by atoms with Gasteiger partial charge in [-0.05, 0) is 59.7 Å². The topological polar surface area (TPSA) is 88.4 Å². The number of aromatic nitrogens is 3. The Labute approximate surface area is 239 Å². The van der Waals surface area contributed by atoms with E-state index in [1.54, 1.807) is 47.3 Å². The Hall–Kier alpha value is -4.44. The van der Waals surface area contributed by atoms with Crippen molar-refractivity contribution in [2.24, 2.45) is 0 Å². The minimum absolute atomic E-state index is 0.0599. The fourth-order valence-corrected chi connectivity index (χ4v) is 6.42. The molecule has 3 heterocycles. The largest absolute Gasteiger partial charge is 0.306 e. The highest BCUT2D eigenvalue weighted by molar-refractivity contribution is 7.89. The minimum Gasteiger partial charge on any atom is -0.306 e. The molecule has 1 fully saturated rings. The smallest absolute Gasteiger partial charge is 0.243 e. The van der Waals surface area contributed by atoms with Crippen LogP contribution in [-0.2, 0) is 16.6 Å². The van der Waals surface area contributed by atoms with Gasteiger partial charge in [0.1, 0.15) is 0 Å². The summed E-state index contributed by atoms with van der Waals surface area (Å²) in [6, 6.07) is 27.6. The van der Waals surface area contributed by atoms with Crippen molar-refractivity contribution in [1.29, 1.82) is 0 Å². The first-order valence-electron chi connectivity index (χ1n) is 13.4. The fraction of sp³-hybridized carbons (Fsp3) is 0.156. The molecule has 0 unspecified atom stereocenters. The van der Waals surface area contributed by atoms with E-state index in [9.17, 15) is 13.2 Å². The maximum Gasteiger partial charge on any atom is 0.243 e. The average Bonchev–Trinajstić information content (AvgIpc) is 3.57. The Morgan fingerprint density at radius 1 is 0.732 bits per heavy atom. The van der Waals surface area contributed by atoms with E-state index < -0.39 is 10.0 Å². The third-order valence-electron chi connectivity index (χ3n) is 7.35. The predicted octanol–water partition coefficient (Wildman–Crippen LogP) is 4.67. The lowest BCUT2D eigenvalue weighted by Gasteiger charge is -2.33. The second-order valence-electron chi connectivity index (χ2n) is 9.95. The minimum atomic E-state index is -3.58. The van der Waals surface area contributed by atoms with Crippen LogP contribution in [0.5, 0.6) is 0 Å². The lowest BCUT2D eigenvalue weighted by atomic mass is 9.99. The van der Waals surface area contributed by atoms with Crippen molar-refractivity contribution in [2.75, 3.05) is 26.2 Å². The maximum atomic E-state index is 13.3. The molecule has 0 saturated carbocycles. The van der Waals surface area contributed by atoms with Gasteiger partial charge >= 0.3 is 0 Å². The molecular formula is C32H29N5O3S. The Morgan fingerprint density at radius 3 is 1.95 bits per heavy atom. The summed E-state index contributed by atoms with van der Waals surface area (Å²) in [5.74, 6) is -0.0599. The number of hydrogen-bond acceptors (Lipinski definition) is 6. The van der Waals surface area contributed by atoms with E-state index >= 15 is 0 Å². The molecule has 6 rings (SSSR count). The van der Waals surface area contributed by atoms with E-state index in [0.717, 1.165) is 22.5 Å². The number of pyridine rings is 1. The Balaban J connectivity index is 1.09. The first kappa shape index (κ1) is 26.8. The van der Waals surface area contributed by atoms with Crippen LogP contribution >= 0.6 is 0 Å². The molecule has 9 heteroatoms. The maximum absolute atomic E-state index is 13.3. The van der Waals surface area contributed by atoms with Crippen LogP contribution in [0.2, 0.25) is 0 Å². The Kier molecular flexibility index (Phi) is 7.56. The summed E-state index contributed by atoms with van der Waals surface area (Å²) in [4.78, 5) is 23.9. The number of ketones is 1. The number of carbonyl (C=O) groups excluding carboxylic acids is 1. The van der Waals surface area contributed by atoms with Gasteiger partial charge in [0.2, 0.25) is 10.0 Å². The lowest BCUT2D eigenvalue weighted by molar-refractivity contribution is 0.103. The molecule has 0 bridgehead atoms. The molecule has 0 spiro atoms. The first-order chi connectivity index (χ1) is 20.0. The van der Waals surface area contributed by atoms with Crippen molar-refractivity contribution in [3.8, 4) is 16.8 Å². The van der Waals surface area contributed by atoms with Crippen LogP contribution in [0.1, 0.15) is 21.6 Å². The van der Waals surface area contributed by atoms with Gasteiger partial charge < -0.3 is 4.57 Å². The number of benzene rings is 3. The molecule has 41 heavy (non-hydrogen) atoms. The van der Waals surface area contributed by atoms with Gasteiger partial charge in [-0.2, -0.15) is 4.31 Å². The average molecular weight is 564 g/mol. The molecular weight excluding hydrogens is 534 g/mol. The van der Waals surface area contributed by atoms with E-state index in [4.69, 9.17) is 0 Å². The molecule has 1 saturated heterocycles. The van der Waals surface area contributed by atoms with Gasteiger partial charge in [0.15, 0.2) is 5.78 Å². The standard InChI is InChI=1S/C32H29N5O3S/c38-32(28-8-12-30(13-9-28)36-18-17-33-24-36)27-6-4-25(5-7-27)26-10-14-31(15-11-26)41(39,40)37-21-19-35(20-22-37)23-29-3-1-2-16-34-29/h1-18,24H,19-23H2. The lowest BCUT2D eigenvalue weighted by Crippen LogP contribution is -2.48. The summed E-state index contributed by atoms with van der Waals surface area (Å²) in [6.07, 6.45) is 7.05. The normalized spacial score (nSPS) is 14.6. The van der Waals surface area contributed by atoms with Crippen molar-refractivity contribution >= 4 is 15.8 Å². The van der Waals surface area contributed by atoms with Gasteiger partial charge in [0.25, 0.3) is 0 Å². The van der Waals surface area contributed by atoms with E-state index in [1.165, 1.54) is 0 Å². The molecule has 5 aromatic rings. The molecule has 0 N–H and O–H groups in total. The Bertz CT molecular complexity index is 1710. The number of piperazine rings is 1. The van der Waals surface area contributed by atoms with E-state index in [0.29, 0.717) is 43.9 Å². The number of hydrogen-bond donors (Lipinski definition) is 0. The number of nitrogens with zero attached hydrogens (tertiary/aromatic N) is 5. The molecule has 0 radical (unpaired) electrons. The Morgan fingerprint density at radius 2 is 1.37 bits per heavy atom. The molecule has 1 aliphatic heterocycles. The van der Waals surface area contributed by atoms with Crippen LogP contribution < -0.4 is 0 Å². The molecule has 8 nitrogen and oxygen atoms in total. The highest BCUT2D eigenvalue weighted by Crippen LogP contribution is 2.25. The monoisotopic (exact) mass is 563 g/mol. The van der Waals surface area contributed by atoms with Crippen LogP contribution in [-0.4, -0.2) is 64.1 Å². The van der Waals surface area contributed by atoms with Crippen LogP contribution in [0.25, 0.3) is 16.8 Å². The SMILES string of the molecule is O=C(c1ccc(-c2ccc(S(=O)(=O)N3CCN(Cc4ccccn4)CC3)cc2)cc1)c1ccc(-n2ccnc2)cc1. The van der Waals surface area contributed by atoms with Crippen LogP contribution in [0.4, 0.5) is 0 Å². The summed E-state index contributed by atoms with van der Waals surface area (Å²) in [6.45, 7) is 2.92. The van der Waals surface area contributed by atoms with Gasteiger partial charge in [0.05, 0.1) is 16.9 Å². The fourth-order valence-electron chi connectivity index (χ4n) is 4.99. The molecule has 0 amide bonds. The second-order valence-corrected chi connectivity index (χ2v) is 11.9. The van der Waals surface area contributed by atoms with Crippen molar-refractivity contribution in [1.82, 2.24) is 23.7 Å². The third-order valence-corrected chi connectivity index (χ3v) is 9.26. The van der Waals surface area contributed by atoms with Gasteiger partial charge in [-0.3, -0.25) is 14.7 Å². The molecule has 3 aromatic carbocycles. The summed E-state index contributed by atoms with van der Waals surface area (Å²) >= 11 is 0. The number of sulfonamides is 1. The summed E-state index contributed by atoms with van der Waals surface area (Å²) in [7, 11) is -3.58.